The van der Waals surface area contributed by atoms with Crippen LogP contribution in [0.4, 0.5) is 0 Å². The molecule has 0 radical (unpaired) electrons. The van der Waals surface area contributed by atoms with Crippen LogP contribution >= 0.6 is 11.8 Å². The molecule has 4 rings (SSSR count). The van der Waals surface area contributed by atoms with E-state index < -0.39 is 0 Å². The van der Waals surface area contributed by atoms with Crippen LogP contribution in [0.3, 0.4) is 0 Å². The highest BCUT2D eigenvalue weighted by atomic mass is 32.2. The van der Waals surface area contributed by atoms with Crippen LogP contribution in [0.1, 0.15) is 5.56 Å². The molecule has 3 aromatic rings. The fourth-order valence-corrected chi connectivity index (χ4v) is 3.32. The SMILES string of the molecule is O=C(CSc1nnc(-c2ccc3c(c2)OCCO3)o1)NCCc1ccccc1. The topological polar surface area (TPSA) is 86.5 Å². The van der Waals surface area contributed by atoms with Gasteiger partial charge in [0.2, 0.25) is 11.8 Å². The summed E-state index contributed by atoms with van der Waals surface area (Å²) in [6.07, 6.45) is 0.798. The van der Waals surface area contributed by atoms with Crippen molar-refractivity contribution in [1.82, 2.24) is 15.5 Å². The van der Waals surface area contributed by atoms with E-state index in [1.165, 1.54) is 17.3 Å². The van der Waals surface area contributed by atoms with E-state index in [1.807, 2.05) is 48.5 Å². The molecule has 7 nitrogen and oxygen atoms in total. The Morgan fingerprint density at radius 2 is 1.86 bits per heavy atom. The molecule has 2 heterocycles. The van der Waals surface area contributed by atoms with Gasteiger partial charge < -0.3 is 19.2 Å². The molecule has 1 amide bonds. The predicted octanol–water partition coefficient (Wildman–Crippen LogP) is 2.96. The van der Waals surface area contributed by atoms with Crippen molar-refractivity contribution in [3.63, 3.8) is 0 Å². The third kappa shape index (κ3) is 4.64. The smallest absolute Gasteiger partial charge is 0.277 e. The maximum atomic E-state index is 12.0. The maximum absolute atomic E-state index is 12.0. The number of thioether (sulfide) groups is 1. The second-order valence-electron chi connectivity index (χ2n) is 6.11. The summed E-state index contributed by atoms with van der Waals surface area (Å²) in [5.74, 6) is 1.89. The minimum absolute atomic E-state index is 0.0694. The zero-order chi connectivity index (χ0) is 19.2. The summed E-state index contributed by atoms with van der Waals surface area (Å²) < 4.78 is 16.7. The molecule has 0 bridgehead atoms. The van der Waals surface area contributed by atoms with Gasteiger partial charge in [0, 0.05) is 12.1 Å². The molecule has 0 unspecified atom stereocenters. The Kier molecular flexibility index (Phi) is 5.77. The fourth-order valence-electron chi connectivity index (χ4n) is 2.73. The summed E-state index contributed by atoms with van der Waals surface area (Å²) >= 11 is 1.21. The van der Waals surface area contributed by atoms with Crippen molar-refractivity contribution in [3.05, 3.63) is 54.1 Å². The number of ether oxygens (including phenoxy) is 2. The molecule has 1 aromatic heterocycles. The first-order valence-electron chi connectivity index (χ1n) is 8.95. The Labute approximate surface area is 166 Å². The number of nitrogens with zero attached hydrogens (tertiary/aromatic N) is 2. The number of rotatable bonds is 7. The quantitative estimate of drug-likeness (QED) is 0.613. The van der Waals surface area contributed by atoms with Crippen molar-refractivity contribution < 1.29 is 18.7 Å². The normalized spacial score (nSPS) is 12.6. The largest absolute Gasteiger partial charge is 0.486 e. The highest BCUT2D eigenvalue weighted by molar-refractivity contribution is 7.99. The predicted molar refractivity (Wildman–Crippen MR) is 105 cm³/mol. The molecule has 0 atom stereocenters. The van der Waals surface area contributed by atoms with E-state index in [4.69, 9.17) is 13.9 Å². The summed E-state index contributed by atoms with van der Waals surface area (Å²) in [5.41, 5.74) is 1.94. The molecule has 0 saturated carbocycles. The average Bonchev–Trinajstić information content (AvgIpc) is 3.22. The Morgan fingerprint density at radius 3 is 2.71 bits per heavy atom. The third-order valence-electron chi connectivity index (χ3n) is 4.10. The van der Waals surface area contributed by atoms with Crippen LogP contribution in [0.15, 0.2) is 58.2 Å². The molecule has 0 aliphatic carbocycles. The first-order chi connectivity index (χ1) is 13.8. The van der Waals surface area contributed by atoms with Crippen molar-refractivity contribution in [2.45, 2.75) is 11.6 Å². The van der Waals surface area contributed by atoms with Gasteiger partial charge in [0.1, 0.15) is 13.2 Å². The van der Waals surface area contributed by atoms with Gasteiger partial charge in [-0.2, -0.15) is 0 Å². The zero-order valence-corrected chi connectivity index (χ0v) is 15.9. The van der Waals surface area contributed by atoms with Gasteiger partial charge in [-0.15, -0.1) is 10.2 Å². The summed E-state index contributed by atoms with van der Waals surface area (Å²) in [6.45, 7) is 1.65. The van der Waals surface area contributed by atoms with Gasteiger partial charge in [-0.05, 0) is 30.2 Å². The van der Waals surface area contributed by atoms with E-state index in [2.05, 4.69) is 15.5 Å². The summed E-state index contributed by atoms with van der Waals surface area (Å²) in [4.78, 5) is 12.0. The summed E-state index contributed by atoms with van der Waals surface area (Å²) in [7, 11) is 0. The lowest BCUT2D eigenvalue weighted by Gasteiger charge is -2.18. The highest BCUT2D eigenvalue weighted by Crippen LogP contribution is 2.34. The van der Waals surface area contributed by atoms with Crippen molar-refractivity contribution in [1.29, 1.82) is 0 Å². The second kappa shape index (κ2) is 8.79. The van der Waals surface area contributed by atoms with Crippen LogP contribution in [0, 0.1) is 0 Å². The van der Waals surface area contributed by atoms with Crippen molar-refractivity contribution >= 4 is 17.7 Å². The average molecular weight is 397 g/mol. The van der Waals surface area contributed by atoms with Gasteiger partial charge in [-0.1, -0.05) is 42.1 Å². The molecule has 0 spiro atoms. The van der Waals surface area contributed by atoms with Crippen molar-refractivity contribution in [2.75, 3.05) is 25.5 Å². The second-order valence-corrected chi connectivity index (χ2v) is 7.03. The summed E-state index contributed by atoms with van der Waals surface area (Å²) in [5, 5.41) is 11.3. The Bertz CT molecular complexity index is 946. The molecule has 0 saturated heterocycles. The number of fused-ring (bicyclic) bond motifs is 1. The van der Waals surface area contributed by atoms with E-state index in [1.54, 1.807) is 0 Å². The number of aromatic nitrogens is 2. The molecule has 28 heavy (non-hydrogen) atoms. The maximum Gasteiger partial charge on any atom is 0.277 e. The Hall–Kier alpha value is -3.00. The van der Waals surface area contributed by atoms with E-state index in [0.717, 1.165) is 12.0 Å². The van der Waals surface area contributed by atoms with Crippen LogP contribution in [0.25, 0.3) is 11.5 Å². The van der Waals surface area contributed by atoms with Crippen LogP contribution in [-0.2, 0) is 11.2 Å². The summed E-state index contributed by atoms with van der Waals surface area (Å²) in [6, 6.07) is 15.5. The molecule has 1 aliphatic rings. The number of carbonyl (C=O) groups is 1. The lowest BCUT2D eigenvalue weighted by molar-refractivity contribution is -0.118. The van der Waals surface area contributed by atoms with Gasteiger partial charge in [0.15, 0.2) is 11.5 Å². The molecule has 144 valence electrons. The lowest BCUT2D eigenvalue weighted by atomic mass is 10.1. The van der Waals surface area contributed by atoms with E-state index >= 15 is 0 Å². The first kappa shape index (κ1) is 18.4. The van der Waals surface area contributed by atoms with E-state index in [9.17, 15) is 4.79 Å². The van der Waals surface area contributed by atoms with Crippen LogP contribution < -0.4 is 14.8 Å². The van der Waals surface area contributed by atoms with E-state index in [0.29, 0.717) is 42.4 Å². The molecular formula is C20H19N3O4S. The molecule has 0 fully saturated rings. The number of nitrogens with one attached hydrogen (secondary N) is 1. The standard InChI is InChI=1S/C20H19N3O4S/c24-18(21-9-8-14-4-2-1-3-5-14)13-28-20-23-22-19(27-20)15-6-7-16-17(12-15)26-11-10-25-16/h1-7,12H,8-11,13H2,(H,21,24). The van der Waals surface area contributed by atoms with Crippen LogP contribution in [0.5, 0.6) is 11.5 Å². The monoisotopic (exact) mass is 397 g/mol. The Balaban J connectivity index is 1.27. The first-order valence-corrected chi connectivity index (χ1v) is 9.93. The zero-order valence-electron chi connectivity index (χ0n) is 15.1. The van der Waals surface area contributed by atoms with E-state index in [-0.39, 0.29) is 11.7 Å². The molecular weight excluding hydrogens is 378 g/mol. The fraction of sp³-hybridized carbons (Fsp3) is 0.250. The number of carbonyl (C=O) groups excluding carboxylic acids is 1. The van der Waals surface area contributed by atoms with Crippen molar-refractivity contribution in [2.24, 2.45) is 0 Å². The van der Waals surface area contributed by atoms with Gasteiger partial charge in [0.05, 0.1) is 5.75 Å². The lowest BCUT2D eigenvalue weighted by Crippen LogP contribution is -2.27. The van der Waals surface area contributed by atoms with Gasteiger partial charge in [-0.25, -0.2) is 0 Å². The number of hydrogen-bond acceptors (Lipinski definition) is 7. The van der Waals surface area contributed by atoms with Crippen LogP contribution in [0.2, 0.25) is 0 Å². The number of hydrogen-bond donors (Lipinski definition) is 1. The number of benzene rings is 2. The van der Waals surface area contributed by atoms with Gasteiger partial charge in [-0.3, -0.25) is 4.79 Å². The molecule has 1 N–H and O–H groups in total. The highest BCUT2D eigenvalue weighted by Gasteiger charge is 2.16. The van der Waals surface area contributed by atoms with Gasteiger partial charge in [0.25, 0.3) is 5.22 Å². The third-order valence-corrected chi connectivity index (χ3v) is 4.92. The minimum atomic E-state index is -0.0694. The Morgan fingerprint density at radius 1 is 1.04 bits per heavy atom. The molecule has 1 aliphatic heterocycles. The number of amides is 1. The van der Waals surface area contributed by atoms with Crippen LogP contribution in [-0.4, -0.2) is 41.6 Å². The minimum Gasteiger partial charge on any atom is -0.486 e. The molecule has 2 aromatic carbocycles. The molecule has 8 heteroatoms. The van der Waals surface area contributed by atoms with Crippen molar-refractivity contribution in [3.8, 4) is 23.0 Å². The van der Waals surface area contributed by atoms with Gasteiger partial charge >= 0.3 is 0 Å².